The largest absolute Gasteiger partial charge is 0.397 e. The number of rotatable bonds is 7. The lowest BCUT2D eigenvalue weighted by atomic mass is 10.1. The summed E-state index contributed by atoms with van der Waals surface area (Å²) in [4.78, 5) is 13.4. The van der Waals surface area contributed by atoms with Gasteiger partial charge >= 0.3 is 0 Å². The summed E-state index contributed by atoms with van der Waals surface area (Å²) in [6, 6.07) is 5.37. The molecule has 106 valence electrons. The smallest absolute Gasteiger partial charge is 0.248 e. The Morgan fingerprint density at radius 2 is 2.00 bits per heavy atom. The normalized spacial score (nSPS) is 12.4. The fourth-order valence-electron chi connectivity index (χ4n) is 2.03. The Kier molecular flexibility index (Phi) is 5.63. The highest BCUT2D eigenvalue weighted by Gasteiger charge is 2.10. The number of anilines is 2. The van der Waals surface area contributed by atoms with Crippen molar-refractivity contribution in [3.8, 4) is 0 Å². The molecule has 0 bridgehead atoms. The Morgan fingerprint density at radius 3 is 2.47 bits per heavy atom. The van der Waals surface area contributed by atoms with E-state index >= 15 is 0 Å². The van der Waals surface area contributed by atoms with Gasteiger partial charge in [-0.25, -0.2) is 0 Å². The standard InChI is InChI=1S/C14H24N4O/c1-4-18(5-2)9-10(3)17-13-7-6-11(14(16)19)8-12(13)15/h6-8,10,17H,4-5,9,15H2,1-3H3,(H2,16,19). The van der Waals surface area contributed by atoms with E-state index in [1.54, 1.807) is 18.2 Å². The van der Waals surface area contributed by atoms with Crippen LogP contribution in [0.15, 0.2) is 18.2 Å². The number of hydrogen-bond acceptors (Lipinski definition) is 4. The second-order valence-electron chi connectivity index (χ2n) is 4.70. The third-order valence-electron chi connectivity index (χ3n) is 3.16. The molecular weight excluding hydrogens is 240 g/mol. The first-order valence-corrected chi connectivity index (χ1v) is 6.66. The van der Waals surface area contributed by atoms with Crippen LogP contribution in [-0.4, -0.2) is 36.5 Å². The van der Waals surface area contributed by atoms with Gasteiger partial charge in [-0.05, 0) is 38.2 Å². The third kappa shape index (κ3) is 4.44. The first kappa shape index (κ1) is 15.3. The molecule has 1 amide bonds. The number of amides is 1. The van der Waals surface area contributed by atoms with Gasteiger partial charge in [0, 0.05) is 18.2 Å². The lowest BCUT2D eigenvalue weighted by molar-refractivity contribution is 0.100. The summed E-state index contributed by atoms with van der Waals surface area (Å²) in [6.45, 7) is 9.40. The summed E-state index contributed by atoms with van der Waals surface area (Å²) < 4.78 is 0. The van der Waals surface area contributed by atoms with E-state index < -0.39 is 5.91 Å². The summed E-state index contributed by atoms with van der Waals surface area (Å²) in [5.41, 5.74) is 12.9. The second-order valence-corrected chi connectivity index (χ2v) is 4.70. The number of hydrogen-bond donors (Lipinski definition) is 3. The molecular formula is C14H24N4O. The molecule has 0 aliphatic carbocycles. The molecule has 5 N–H and O–H groups in total. The zero-order valence-corrected chi connectivity index (χ0v) is 11.9. The van der Waals surface area contributed by atoms with Crippen LogP contribution in [0.2, 0.25) is 0 Å². The number of nitrogens with one attached hydrogen (secondary N) is 1. The third-order valence-corrected chi connectivity index (χ3v) is 3.16. The molecule has 0 aliphatic rings. The zero-order valence-electron chi connectivity index (χ0n) is 11.9. The number of benzene rings is 1. The SMILES string of the molecule is CCN(CC)CC(C)Nc1ccc(C(N)=O)cc1N. The minimum absolute atomic E-state index is 0.279. The lowest BCUT2D eigenvalue weighted by Gasteiger charge is -2.24. The van der Waals surface area contributed by atoms with Crippen molar-refractivity contribution in [3.63, 3.8) is 0 Å². The van der Waals surface area contributed by atoms with E-state index in [0.29, 0.717) is 11.3 Å². The van der Waals surface area contributed by atoms with E-state index in [-0.39, 0.29) is 6.04 Å². The number of nitrogen functional groups attached to an aromatic ring is 1. The number of primary amides is 1. The van der Waals surface area contributed by atoms with Gasteiger partial charge in [-0.1, -0.05) is 13.8 Å². The van der Waals surface area contributed by atoms with Gasteiger partial charge < -0.3 is 21.7 Å². The molecule has 1 unspecified atom stereocenters. The van der Waals surface area contributed by atoms with Gasteiger partial charge in [0.2, 0.25) is 5.91 Å². The van der Waals surface area contributed by atoms with Crippen molar-refractivity contribution < 1.29 is 4.79 Å². The van der Waals surface area contributed by atoms with Gasteiger partial charge in [0.15, 0.2) is 0 Å². The first-order valence-electron chi connectivity index (χ1n) is 6.66. The number of likely N-dealkylation sites (N-methyl/N-ethyl adjacent to an activating group) is 1. The molecule has 0 fully saturated rings. The Bertz CT molecular complexity index is 429. The molecule has 1 rings (SSSR count). The van der Waals surface area contributed by atoms with Crippen molar-refractivity contribution >= 4 is 17.3 Å². The molecule has 0 saturated heterocycles. The summed E-state index contributed by atoms with van der Waals surface area (Å²) in [5.74, 6) is -0.463. The molecule has 0 spiro atoms. The van der Waals surface area contributed by atoms with E-state index in [0.717, 1.165) is 25.3 Å². The zero-order chi connectivity index (χ0) is 14.4. The van der Waals surface area contributed by atoms with Crippen LogP contribution < -0.4 is 16.8 Å². The van der Waals surface area contributed by atoms with Crippen LogP contribution in [0.1, 0.15) is 31.1 Å². The fraction of sp³-hybridized carbons (Fsp3) is 0.500. The van der Waals surface area contributed by atoms with Crippen molar-refractivity contribution in [2.75, 3.05) is 30.7 Å². The van der Waals surface area contributed by atoms with Gasteiger partial charge in [-0.15, -0.1) is 0 Å². The quantitative estimate of drug-likeness (QED) is 0.652. The van der Waals surface area contributed by atoms with Crippen LogP contribution in [0.5, 0.6) is 0 Å². The average Bonchev–Trinajstić information content (AvgIpc) is 2.38. The fourth-order valence-corrected chi connectivity index (χ4v) is 2.03. The van der Waals surface area contributed by atoms with E-state index in [1.807, 2.05) is 0 Å². The first-order chi connectivity index (χ1) is 8.97. The number of nitrogens with zero attached hydrogens (tertiary/aromatic N) is 1. The van der Waals surface area contributed by atoms with Crippen LogP contribution in [0.3, 0.4) is 0 Å². The average molecular weight is 264 g/mol. The lowest BCUT2D eigenvalue weighted by Crippen LogP contribution is -2.34. The summed E-state index contributed by atoms with van der Waals surface area (Å²) >= 11 is 0. The Hall–Kier alpha value is -1.75. The predicted molar refractivity (Wildman–Crippen MR) is 80.2 cm³/mol. The van der Waals surface area contributed by atoms with Crippen molar-refractivity contribution in [2.24, 2.45) is 5.73 Å². The Balaban J connectivity index is 2.69. The number of nitrogens with two attached hydrogens (primary N) is 2. The van der Waals surface area contributed by atoms with E-state index in [2.05, 4.69) is 31.0 Å². The van der Waals surface area contributed by atoms with Crippen LogP contribution in [0.4, 0.5) is 11.4 Å². The number of carbonyl (C=O) groups is 1. The van der Waals surface area contributed by atoms with Gasteiger partial charge in [0.1, 0.15) is 0 Å². The maximum Gasteiger partial charge on any atom is 0.248 e. The minimum Gasteiger partial charge on any atom is -0.397 e. The van der Waals surface area contributed by atoms with Crippen molar-refractivity contribution in [2.45, 2.75) is 26.8 Å². The molecule has 1 aromatic carbocycles. The predicted octanol–water partition coefficient (Wildman–Crippen LogP) is 1.51. The second kappa shape index (κ2) is 6.99. The number of carbonyl (C=O) groups excluding carboxylic acids is 1. The van der Waals surface area contributed by atoms with Crippen molar-refractivity contribution in [1.82, 2.24) is 4.90 Å². The van der Waals surface area contributed by atoms with Crippen molar-refractivity contribution in [1.29, 1.82) is 0 Å². The van der Waals surface area contributed by atoms with E-state index in [1.165, 1.54) is 0 Å². The van der Waals surface area contributed by atoms with Crippen LogP contribution in [0, 0.1) is 0 Å². The highest BCUT2D eigenvalue weighted by molar-refractivity contribution is 5.94. The maximum atomic E-state index is 11.0. The minimum atomic E-state index is -0.463. The maximum absolute atomic E-state index is 11.0. The molecule has 0 radical (unpaired) electrons. The summed E-state index contributed by atoms with van der Waals surface area (Å²) in [5, 5.41) is 3.36. The molecule has 1 atom stereocenters. The van der Waals surface area contributed by atoms with Crippen molar-refractivity contribution in [3.05, 3.63) is 23.8 Å². The Labute approximate surface area is 115 Å². The molecule has 0 saturated carbocycles. The summed E-state index contributed by atoms with van der Waals surface area (Å²) in [6.07, 6.45) is 0. The molecule has 19 heavy (non-hydrogen) atoms. The van der Waals surface area contributed by atoms with Gasteiger partial charge in [0.25, 0.3) is 0 Å². The molecule has 5 heteroatoms. The topological polar surface area (TPSA) is 84.4 Å². The molecule has 0 heterocycles. The summed E-state index contributed by atoms with van der Waals surface area (Å²) in [7, 11) is 0. The van der Waals surface area contributed by atoms with Crippen LogP contribution in [0.25, 0.3) is 0 Å². The van der Waals surface area contributed by atoms with Crippen LogP contribution in [-0.2, 0) is 0 Å². The molecule has 5 nitrogen and oxygen atoms in total. The van der Waals surface area contributed by atoms with Gasteiger partial charge in [-0.3, -0.25) is 4.79 Å². The van der Waals surface area contributed by atoms with Crippen LogP contribution >= 0.6 is 0 Å². The van der Waals surface area contributed by atoms with Gasteiger partial charge in [-0.2, -0.15) is 0 Å². The highest BCUT2D eigenvalue weighted by atomic mass is 16.1. The van der Waals surface area contributed by atoms with E-state index in [4.69, 9.17) is 11.5 Å². The van der Waals surface area contributed by atoms with Gasteiger partial charge in [0.05, 0.1) is 11.4 Å². The molecule has 0 aromatic heterocycles. The molecule has 0 aliphatic heterocycles. The Morgan fingerprint density at radius 1 is 1.37 bits per heavy atom. The highest BCUT2D eigenvalue weighted by Crippen LogP contribution is 2.20. The van der Waals surface area contributed by atoms with E-state index in [9.17, 15) is 4.79 Å². The monoisotopic (exact) mass is 264 g/mol. The molecule has 1 aromatic rings.